The Kier molecular flexibility index (Phi) is 5.38. The Balaban J connectivity index is 1.74. The van der Waals surface area contributed by atoms with Gasteiger partial charge in [-0.3, -0.25) is 14.5 Å². The SMILES string of the molecule is Cc1ccc(/C(O)=C2\C(=O)C(=O)N(c3nc4ccc(C)cc4s3)[C@H]2c2cccc(Br)c2)cc1. The Morgan fingerprint density at radius 2 is 1.73 bits per heavy atom. The van der Waals surface area contributed by atoms with Crippen molar-refractivity contribution in [2.24, 2.45) is 0 Å². The molecule has 1 saturated heterocycles. The Bertz CT molecular complexity index is 1460. The highest BCUT2D eigenvalue weighted by Gasteiger charge is 2.48. The molecule has 0 saturated carbocycles. The number of amides is 1. The molecule has 0 unspecified atom stereocenters. The first kappa shape index (κ1) is 21.6. The standard InChI is InChI=1S/C26H19BrN2O3S/c1-14-6-9-16(10-7-14)23(30)21-22(17-4-3-5-18(27)13-17)29(25(32)24(21)31)26-28-19-11-8-15(2)12-20(19)33-26/h3-13,22,30H,1-2H3/b23-21+/t22-/m0/s1. The fourth-order valence-corrected chi connectivity index (χ4v) is 5.52. The molecule has 1 fully saturated rings. The predicted molar refractivity (Wildman–Crippen MR) is 134 cm³/mol. The van der Waals surface area contributed by atoms with Crippen LogP contribution in [0.1, 0.15) is 28.3 Å². The molecule has 0 bridgehead atoms. The monoisotopic (exact) mass is 518 g/mol. The van der Waals surface area contributed by atoms with E-state index in [0.29, 0.717) is 16.3 Å². The summed E-state index contributed by atoms with van der Waals surface area (Å²) in [4.78, 5) is 32.6. The Morgan fingerprint density at radius 1 is 1.00 bits per heavy atom. The van der Waals surface area contributed by atoms with E-state index in [4.69, 9.17) is 0 Å². The Hall–Kier alpha value is -3.29. The summed E-state index contributed by atoms with van der Waals surface area (Å²) in [7, 11) is 0. The van der Waals surface area contributed by atoms with E-state index in [1.54, 1.807) is 12.1 Å². The maximum absolute atomic E-state index is 13.3. The number of hydrogen-bond acceptors (Lipinski definition) is 5. The lowest BCUT2D eigenvalue weighted by Crippen LogP contribution is -2.29. The molecule has 5 rings (SSSR count). The number of aryl methyl sites for hydroxylation is 2. The molecule has 0 aliphatic carbocycles. The van der Waals surface area contributed by atoms with Crippen molar-refractivity contribution in [1.82, 2.24) is 4.98 Å². The van der Waals surface area contributed by atoms with Crippen LogP contribution in [0.5, 0.6) is 0 Å². The van der Waals surface area contributed by atoms with Gasteiger partial charge < -0.3 is 5.11 Å². The number of rotatable bonds is 3. The van der Waals surface area contributed by atoms with Crippen LogP contribution in [0.3, 0.4) is 0 Å². The van der Waals surface area contributed by atoms with E-state index in [-0.39, 0.29) is 11.3 Å². The summed E-state index contributed by atoms with van der Waals surface area (Å²) < 4.78 is 1.74. The third-order valence-corrected chi connectivity index (χ3v) is 7.18. The number of halogens is 1. The number of ketones is 1. The van der Waals surface area contributed by atoms with Gasteiger partial charge in [0.1, 0.15) is 5.76 Å². The molecule has 2 heterocycles. The van der Waals surface area contributed by atoms with E-state index in [0.717, 1.165) is 25.8 Å². The minimum Gasteiger partial charge on any atom is -0.507 e. The van der Waals surface area contributed by atoms with Crippen LogP contribution in [0.25, 0.3) is 16.0 Å². The van der Waals surface area contributed by atoms with Crippen molar-refractivity contribution in [3.05, 3.63) is 99.0 Å². The topological polar surface area (TPSA) is 70.5 Å². The molecule has 1 N–H and O–H groups in total. The van der Waals surface area contributed by atoms with Crippen LogP contribution < -0.4 is 4.90 Å². The van der Waals surface area contributed by atoms with Crippen LogP contribution >= 0.6 is 27.3 Å². The van der Waals surface area contributed by atoms with Crippen LogP contribution in [-0.4, -0.2) is 21.8 Å². The van der Waals surface area contributed by atoms with Crippen LogP contribution in [0.4, 0.5) is 5.13 Å². The normalized spacial score (nSPS) is 17.8. The lowest BCUT2D eigenvalue weighted by molar-refractivity contribution is -0.132. The summed E-state index contributed by atoms with van der Waals surface area (Å²) in [6.07, 6.45) is 0. The molecule has 1 atom stereocenters. The third kappa shape index (κ3) is 3.77. The van der Waals surface area contributed by atoms with Gasteiger partial charge in [-0.15, -0.1) is 0 Å². The highest BCUT2D eigenvalue weighted by atomic mass is 79.9. The van der Waals surface area contributed by atoms with Gasteiger partial charge in [-0.2, -0.15) is 0 Å². The van der Waals surface area contributed by atoms with E-state index in [1.807, 2.05) is 68.4 Å². The molecule has 164 valence electrons. The minimum atomic E-state index is -0.800. The smallest absolute Gasteiger partial charge is 0.301 e. The van der Waals surface area contributed by atoms with Crippen molar-refractivity contribution >= 4 is 60.1 Å². The predicted octanol–water partition coefficient (Wildman–Crippen LogP) is 6.30. The maximum atomic E-state index is 13.3. The number of benzene rings is 3. The number of carbonyl (C=O) groups is 2. The average molecular weight is 519 g/mol. The van der Waals surface area contributed by atoms with Gasteiger partial charge in [-0.1, -0.05) is 75.3 Å². The maximum Gasteiger partial charge on any atom is 0.301 e. The molecular formula is C26H19BrN2O3S. The van der Waals surface area contributed by atoms with E-state index in [1.165, 1.54) is 16.2 Å². The fraction of sp³-hybridized carbons (Fsp3) is 0.115. The van der Waals surface area contributed by atoms with Gasteiger partial charge in [-0.25, -0.2) is 4.98 Å². The van der Waals surface area contributed by atoms with E-state index in [9.17, 15) is 14.7 Å². The van der Waals surface area contributed by atoms with Crippen molar-refractivity contribution in [3.8, 4) is 0 Å². The number of carbonyl (C=O) groups excluding carboxylic acids is 2. The van der Waals surface area contributed by atoms with Gasteiger partial charge in [-0.05, 0) is 49.2 Å². The number of thiazole rings is 1. The zero-order valence-electron chi connectivity index (χ0n) is 17.9. The first-order chi connectivity index (χ1) is 15.8. The molecule has 4 aromatic rings. The summed E-state index contributed by atoms with van der Waals surface area (Å²) in [5, 5.41) is 11.6. The second-order valence-corrected chi connectivity index (χ2v) is 9.98. The molecule has 1 amide bonds. The van der Waals surface area contributed by atoms with Gasteiger partial charge in [0.15, 0.2) is 5.13 Å². The highest BCUT2D eigenvalue weighted by molar-refractivity contribution is 9.10. The van der Waals surface area contributed by atoms with Crippen LogP contribution in [0.2, 0.25) is 0 Å². The summed E-state index contributed by atoms with van der Waals surface area (Å²) >= 11 is 4.84. The van der Waals surface area contributed by atoms with E-state index < -0.39 is 17.7 Å². The molecule has 33 heavy (non-hydrogen) atoms. The number of Topliss-reactive ketones (excluding diaryl/α,β-unsaturated/α-hetero) is 1. The molecular weight excluding hydrogens is 500 g/mol. The fourth-order valence-electron chi connectivity index (χ4n) is 4.01. The average Bonchev–Trinajstić information content (AvgIpc) is 3.32. The number of hydrogen-bond donors (Lipinski definition) is 1. The van der Waals surface area contributed by atoms with E-state index in [2.05, 4.69) is 20.9 Å². The summed E-state index contributed by atoms with van der Waals surface area (Å²) in [6.45, 7) is 3.94. The second kappa shape index (κ2) is 8.24. The number of anilines is 1. The zero-order valence-corrected chi connectivity index (χ0v) is 20.3. The van der Waals surface area contributed by atoms with Crippen molar-refractivity contribution in [2.75, 3.05) is 4.90 Å². The molecule has 5 nitrogen and oxygen atoms in total. The van der Waals surface area contributed by atoms with Gasteiger partial charge >= 0.3 is 5.91 Å². The Morgan fingerprint density at radius 3 is 2.45 bits per heavy atom. The van der Waals surface area contributed by atoms with Crippen molar-refractivity contribution in [3.63, 3.8) is 0 Å². The van der Waals surface area contributed by atoms with Crippen LogP contribution in [0, 0.1) is 13.8 Å². The summed E-state index contributed by atoms with van der Waals surface area (Å²) in [5.41, 5.74) is 4.11. The largest absolute Gasteiger partial charge is 0.507 e. The highest BCUT2D eigenvalue weighted by Crippen LogP contribution is 2.44. The molecule has 1 aromatic heterocycles. The lowest BCUT2D eigenvalue weighted by Gasteiger charge is -2.23. The van der Waals surface area contributed by atoms with Gasteiger partial charge in [0.25, 0.3) is 5.78 Å². The quantitative estimate of drug-likeness (QED) is 0.196. The van der Waals surface area contributed by atoms with Crippen LogP contribution in [0.15, 0.2) is 76.8 Å². The number of fused-ring (bicyclic) bond motifs is 1. The van der Waals surface area contributed by atoms with Crippen molar-refractivity contribution in [2.45, 2.75) is 19.9 Å². The number of aliphatic hydroxyl groups excluding tert-OH is 1. The number of nitrogens with zero attached hydrogens (tertiary/aromatic N) is 2. The lowest BCUT2D eigenvalue weighted by atomic mass is 9.95. The summed E-state index contributed by atoms with van der Waals surface area (Å²) in [5.74, 6) is -1.63. The first-order valence-electron chi connectivity index (χ1n) is 10.3. The van der Waals surface area contributed by atoms with Crippen LogP contribution in [-0.2, 0) is 9.59 Å². The number of aliphatic hydroxyl groups is 1. The molecule has 3 aromatic carbocycles. The van der Waals surface area contributed by atoms with Gasteiger partial charge in [0.2, 0.25) is 0 Å². The Labute approximate surface area is 203 Å². The van der Waals surface area contributed by atoms with Crippen molar-refractivity contribution in [1.29, 1.82) is 0 Å². The molecule has 1 aliphatic heterocycles. The molecule has 0 spiro atoms. The molecule has 7 heteroatoms. The number of aromatic nitrogens is 1. The second-order valence-electron chi connectivity index (χ2n) is 8.06. The molecule has 0 radical (unpaired) electrons. The third-order valence-electron chi connectivity index (χ3n) is 5.67. The first-order valence-corrected chi connectivity index (χ1v) is 11.9. The van der Waals surface area contributed by atoms with Gasteiger partial charge in [0, 0.05) is 10.0 Å². The summed E-state index contributed by atoms with van der Waals surface area (Å²) in [6, 6.07) is 19.7. The molecule has 1 aliphatic rings. The van der Waals surface area contributed by atoms with Crippen molar-refractivity contribution < 1.29 is 14.7 Å². The zero-order chi connectivity index (χ0) is 23.3. The minimum absolute atomic E-state index is 0.0531. The van der Waals surface area contributed by atoms with Gasteiger partial charge in [0.05, 0.1) is 21.8 Å². The van der Waals surface area contributed by atoms with E-state index >= 15 is 0 Å².